The summed E-state index contributed by atoms with van der Waals surface area (Å²) in [5.74, 6) is -0.202. The Morgan fingerprint density at radius 1 is 1.14 bits per heavy atom. The summed E-state index contributed by atoms with van der Waals surface area (Å²) in [5, 5.41) is 2.89. The molecule has 2 aliphatic rings. The van der Waals surface area contributed by atoms with Gasteiger partial charge >= 0.3 is 6.03 Å². The number of ether oxygens (including phenoxy) is 1. The molecule has 0 radical (unpaired) electrons. The van der Waals surface area contributed by atoms with Crippen LogP contribution in [0.1, 0.15) is 45.1 Å². The number of nitrogens with zero attached hydrogens (tertiary/aromatic N) is 2. The van der Waals surface area contributed by atoms with Gasteiger partial charge in [-0.25, -0.2) is 9.18 Å². The third kappa shape index (κ3) is 5.22. The van der Waals surface area contributed by atoms with E-state index in [0.29, 0.717) is 26.2 Å². The first-order valence-corrected chi connectivity index (χ1v) is 10.2. The summed E-state index contributed by atoms with van der Waals surface area (Å²) in [6.45, 7) is 6.20. The Morgan fingerprint density at radius 2 is 1.82 bits per heavy atom. The van der Waals surface area contributed by atoms with E-state index in [4.69, 9.17) is 4.74 Å². The van der Waals surface area contributed by atoms with Crippen molar-refractivity contribution in [1.29, 1.82) is 0 Å². The van der Waals surface area contributed by atoms with Crippen LogP contribution in [0, 0.1) is 5.82 Å². The van der Waals surface area contributed by atoms with Crippen molar-refractivity contribution < 1.29 is 18.7 Å². The lowest BCUT2D eigenvalue weighted by Crippen LogP contribution is -2.53. The summed E-state index contributed by atoms with van der Waals surface area (Å²) in [6, 6.07) is 5.87. The monoisotopic (exact) mass is 391 g/mol. The first kappa shape index (κ1) is 20.6. The molecular weight excluding hydrogens is 361 g/mol. The minimum Gasteiger partial charge on any atom is -0.373 e. The van der Waals surface area contributed by atoms with Crippen molar-refractivity contribution in [2.75, 3.05) is 19.6 Å². The Kier molecular flexibility index (Phi) is 6.88. The van der Waals surface area contributed by atoms with Crippen molar-refractivity contribution in [3.8, 4) is 0 Å². The Morgan fingerprint density at radius 3 is 2.46 bits per heavy atom. The predicted molar refractivity (Wildman–Crippen MR) is 104 cm³/mol. The fraction of sp³-hybridized carbons (Fsp3) is 0.619. The second-order valence-corrected chi connectivity index (χ2v) is 7.92. The molecule has 2 aliphatic heterocycles. The second-order valence-electron chi connectivity index (χ2n) is 7.92. The van der Waals surface area contributed by atoms with E-state index in [9.17, 15) is 14.0 Å². The number of piperidine rings is 1. The molecule has 0 saturated carbocycles. The third-order valence-electron chi connectivity index (χ3n) is 5.36. The largest absolute Gasteiger partial charge is 0.373 e. The van der Waals surface area contributed by atoms with Gasteiger partial charge in [0.1, 0.15) is 11.9 Å². The molecule has 0 aliphatic carbocycles. The van der Waals surface area contributed by atoms with E-state index < -0.39 is 0 Å². The van der Waals surface area contributed by atoms with E-state index in [1.54, 1.807) is 17.0 Å². The van der Waals surface area contributed by atoms with Crippen molar-refractivity contribution in [2.45, 2.75) is 64.3 Å². The van der Waals surface area contributed by atoms with E-state index in [1.807, 2.05) is 18.7 Å². The van der Waals surface area contributed by atoms with Crippen LogP contribution in [-0.2, 0) is 16.1 Å². The summed E-state index contributed by atoms with van der Waals surface area (Å²) in [5.41, 5.74) is 0.942. The topological polar surface area (TPSA) is 61.9 Å². The summed E-state index contributed by atoms with van der Waals surface area (Å²) < 4.78 is 18.9. The van der Waals surface area contributed by atoms with E-state index in [0.717, 1.165) is 31.2 Å². The SMILES string of the molecule is CC(C)NC(=O)N1CCC[C@H]1C(=O)N1CCC(OCc2ccc(F)cc2)CC1. The zero-order chi connectivity index (χ0) is 20.1. The minimum atomic E-state index is -0.351. The van der Waals surface area contributed by atoms with Gasteiger partial charge in [-0.1, -0.05) is 12.1 Å². The molecular formula is C21H30FN3O3. The molecule has 1 aromatic carbocycles. The lowest BCUT2D eigenvalue weighted by molar-refractivity contribution is -0.138. The smallest absolute Gasteiger partial charge is 0.318 e. The van der Waals surface area contributed by atoms with Crippen LogP contribution in [0.2, 0.25) is 0 Å². The van der Waals surface area contributed by atoms with Crippen LogP contribution in [0.5, 0.6) is 0 Å². The lowest BCUT2D eigenvalue weighted by Gasteiger charge is -2.35. The fourth-order valence-electron chi connectivity index (χ4n) is 3.84. The molecule has 0 aromatic heterocycles. The number of carbonyl (C=O) groups is 2. The number of urea groups is 1. The highest BCUT2D eigenvalue weighted by molar-refractivity contribution is 5.87. The highest BCUT2D eigenvalue weighted by atomic mass is 19.1. The van der Waals surface area contributed by atoms with E-state index in [2.05, 4.69) is 5.32 Å². The molecule has 154 valence electrons. The van der Waals surface area contributed by atoms with Crippen LogP contribution >= 0.6 is 0 Å². The maximum absolute atomic E-state index is 13.0. The number of carbonyl (C=O) groups excluding carboxylic acids is 2. The molecule has 0 unspecified atom stereocenters. The van der Waals surface area contributed by atoms with Crippen LogP contribution in [0.4, 0.5) is 9.18 Å². The molecule has 3 rings (SSSR count). The van der Waals surface area contributed by atoms with Gasteiger partial charge in [-0.15, -0.1) is 0 Å². The van der Waals surface area contributed by atoms with Gasteiger partial charge in [0.05, 0.1) is 12.7 Å². The summed E-state index contributed by atoms with van der Waals surface area (Å²) >= 11 is 0. The number of likely N-dealkylation sites (tertiary alicyclic amines) is 2. The van der Waals surface area contributed by atoms with Gasteiger partial charge in [0.25, 0.3) is 0 Å². The van der Waals surface area contributed by atoms with Crippen LogP contribution in [-0.4, -0.2) is 59.6 Å². The number of hydrogen-bond donors (Lipinski definition) is 1. The minimum absolute atomic E-state index is 0.0494. The van der Waals surface area contributed by atoms with Crippen molar-refractivity contribution in [3.63, 3.8) is 0 Å². The number of halogens is 1. The zero-order valence-corrected chi connectivity index (χ0v) is 16.7. The number of benzene rings is 1. The fourth-order valence-corrected chi connectivity index (χ4v) is 3.84. The maximum atomic E-state index is 13.0. The van der Waals surface area contributed by atoms with Crippen LogP contribution in [0.25, 0.3) is 0 Å². The number of rotatable bonds is 5. The Labute approximate surface area is 166 Å². The Balaban J connectivity index is 1.46. The third-order valence-corrected chi connectivity index (χ3v) is 5.36. The van der Waals surface area contributed by atoms with Crippen molar-refractivity contribution in [2.24, 2.45) is 0 Å². The normalized spacial score (nSPS) is 20.6. The van der Waals surface area contributed by atoms with Gasteiger partial charge in [-0.05, 0) is 57.2 Å². The van der Waals surface area contributed by atoms with Crippen molar-refractivity contribution >= 4 is 11.9 Å². The molecule has 28 heavy (non-hydrogen) atoms. The predicted octanol–water partition coefficient (Wildman–Crippen LogP) is 2.92. The average molecular weight is 391 g/mol. The molecule has 1 aromatic rings. The summed E-state index contributed by atoms with van der Waals surface area (Å²) in [6.07, 6.45) is 3.23. The average Bonchev–Trinajstić information content (AvgIpc) is 3.17. The summed E-state index contributed by atoms with van der Waals surface area (Å²) in [7, 11) is 0. The van der Waals surface area contributed by atoms with E-state index in [-0.39, 0.29) is 35.9 Å². The quantitative estimate of drug-likeness (QED) is 0.840. The number of hydrogen-bond acceptors (Lipinski definition) is 3. The first-order chi connectivity index (χ1) is 13.4. The molecule has 2 fully saturated rings. The van der Waals surface area contributed by atoms with Crippen LogP contribution in [0.15, 0.2) is 24.3 Å². The highest BCUT2D eigenvalue weighted by Gasteiger charge is 2.37. The zero-order valence-electron chi connectivity index (χ0n) is 16.7. The van der Waals surface area contributed by atoms with Gasteiger partial charge in [0, 0.05) is 25.7 Å². The first-order valence-electron chi connectivity index (χ1n) is 10.2. The van der Waals surface area contributed by atoms with Gasteiger partial charge in [0.15, 0.2) is 0 Å². The van der Waals surface area contributed by atoms with Gasteiger partial charge in [-0.3, -0.25) is 4.79 Å². The Hall–Kier alpha value is -2.15. The molecule has 2 saturated heterocycles. The molecule has 6 nitrogen and oxygen atoms in total. The van der Waals surface area contributed by atoms with Gasteiger partial charge < -0.3 is 19.9 Å². The maximum Gasteiger partial charge on any atom is 0.318 e. The summed E-state index contributed by atoms with van der Waals surface area (Å²) in [4.78, 5) is 28.8. The lowest BCUT2D eigenvalue weighted by atomic mass is 10.1. The second kappa shape index (κ2) is 9.37. The molecule has 0 bridgehead atoms. The van der Waals surface area contributed by atoms with Crippen LogP contribution < -0.4 is 5.32 Å². The molecule has 1 N–H and O–H groups in total. The van der Waals surface area contributed by atoms with Gasteiger partial charge in [-0.2, -0.15) is 0 Å². The standard InChI is InChI=1S/C21H30FN3O3/c1-15(2)23-21(27)25-11-3-4-19(25)20(26)24-12-9-18(10-13-24)28-14-16-5-7-17(22)8-6-16/h5-8,15,18-19H,3-4,9-14H2,1-2H3,(H,23,27)/t19-/m0/s1. The van der Waals surface area contributed by atoms with Crippen LogP contribution in [0.3, 0.4) is 0 Å². The molecule has 0 spiro atoms. The van der Waals surface area contributed by atoms with Crippen molar-refractivity contribution in [1.82, 2.24) is 15.1 Å². The molecule has 3 amide bonds. The van der Waals surface area contributed by atoms with E-state index in [1.165, 1.54) is 12.1 Å². The van der Waals surface area contributed by atoms with Crippen molar-refractivity contribution in [3.05, 3.63) is 35.6 Å². The number of amides is 3. The number of nitrogens with one attached hydrogen (secondary N) is 1. The molecule has 2 heterocycles. The van der Waals surface area contributed by atoms with E-state index >= 15 is 0 Å². The Bertz CT molecular complexity index is 672. The van der Waals surface area contributed by atoms with Gasteiger partial charge in [0.2, 0.25) is 5.91 Å². The highest BCUT2D eigenvalue weighted by Crippen LogP contribution is 2.23. The molecule has 1 atom stereocenters. The molecule has 7 heteroatoms.